The lowest BCUT2D eigenvalue weighted by atomic mass is 10.0. The maximum atomic E-state index is 5.61. The highest BCUT2D eigenvalue weighted by molar-refractivity contribution is 5.70. The Morgan fingerprint density at radius 1 is 1.26 bits per heavy atom. The molecule has 0 unspecified atom stereocenters. The summed E-state index contributed by atoms with van der Waals surface area (Å²) >= 11 is 0. The summed E-state index contributed by atoms with van der Waals surface area (Å²) in [5.74, 6) is 0.995. The van der Waals surface area contributed by atoms with Crippen LogP contribution in [0.4, 0.5) is 0 Å². The third-order valence-corrected chi connectivity index (χ3v) is 3.59. The van der Waals surface area contributed by atoms with Gasteiger partial charge in [-0.3, -0.25) is 0 Å². The number of rotatable bonds is 1. The van der Waals surface area contributed by atoms with E-state index in [0.29, 0.717) is 0 Å². The fourth-order valence-corrected chi connectivity index (χ4v) is 2.62. The molecule has 94 valence electrons. The van der Waals surface area contributed by atoms with Gasteiger partial charge in [0, 0.05) is 35.5 Å². The van der Waals surface area contributed by atoms with Crippen LogP contribution in [0.25, 0.3) is 16.8 Å². The van der Waals surface area contributed by atoms with Gasteiger partial charge in [-0.15, -0.1) is 0 Å². The summed E-state index contributed by atoms with van der Waals surface area (Å²) < 4.78 is 7.44. The second-order valence-corrected chi connectivity index (χ2v) is 4.82. The quantitative estimate of drug-likeness (QED) is 0.667. The van der Waals surface area contributed by atoms with Crippen molar-refractivity contribution in [3.8, 4) is 16.9 Å². The van der Waals surface area contributed by atoms with E-state index in [9.17, 15) is 0 Å². The van der Waals surface area contributed by atoms with Crippen LogP contribution in [0.5, 0.6) is 5.75 Å². The third kappa shape index (κ3) is 1.53. The van der Waals surface area contributed by atoms with E-state index in [1.165, 1.54) is 11.1 Å². The molecule has 0 saturated carbocycles. The zero-order valence-corrected chi connectivity index (χ0v) is 10.6. The number of aromatic nitrogens is 3. The zero-order valence-electron chi connectivity index (χ0n) is 10.6. The highest BCUT2D eigenvalue weighted by Gasteiger charge is 2.17. The predicted octanol–water partition coefficient (Wildman–Crippen LogP) is 2.64. The topological polar surface area (TPSA) is 39.4 Å². The molecule has 3 heterocycles. The molecule has 0 bridgehead atoms. The summed E-state index contributed by atoms with van der Waals surface area (Å²) in [6.45, 7) is 2.78. The first-order valence-electron chi connectivity index (χ1n) is 6.38. The minimum absolute atomic E-state index is 0.767. The first-order valence-corrected chi connectivity index (χ1v) is 6.38. The number of nitrogens with zero attached hydrogens (tertiary/aromatic N) is 3. The van der Waals surface area contributed by atoms with E-state index in [2.05, 4.69) is 16.1 Å². The van der Waals surface area contributed by atoms with Gasteiger partial charge in [-0.25, -0.2) is 9.50 Å². The third-order valence-electron chi connectivity index (χ3n) is 3.59. The minimum Gasteiger partial charge on any atom is -0.493 e. The van der Waals surface area contributed by atoms with Crippen LogP contribution in [0.3, 0.4) is 0 Å². The molecule has 0 fully saturated rings. The number of hydrogen-bond acceptors (Lipinski definition) is 3. The predicted molar refractivity (Wildman–Crippen MR) is 72.4 cm³/mol. The Hall–Kier alpha value is -2.36. The fourth-order valence-electron chi connectivity index (χ4n) is 2.62. The maximum Gasteiger partial charge on any atom is 0.157 e. The summed E-state index contributed by atoms with van der Waals surface area (Å²) in [5, 5.41) is 4.32. The number of fused-ring (bicyclic) bond motifs is 2. The van der Waals surface area contributed by atoms with E-state index in [1.807, 2.05) is 42.2 Å². The van der Waals surface area contributed by atoms with Crippen LogP contribution in [-0.4, -0.2) is 21.2 Å². The van der Waals surface area contributed by atoms with E-state index in [-0.39, 0.29) is 0 Å². The minimum atomic E-state index is 0.767. The van der Waals surface area contributed by atoms with Gasteiger partial charge < -0.3 is 4.74 Å². The monoisotopic (exact) mass is 251 g/mol. The molecule has 0 aliphatic carbocycles. The van der Waals surface area contributed by atoms with Gasteiger partial charge >= 0.3 is 0 Å². The average Bonchev–Trinajstić information content (AvgIpc) is 3.05. The van der Waals surface area contributed by atoms with E-state index >= 15 is 0 Å². The average molecular weight is 251 g/mol. The number of benzene rings is 1. The Morgan fingerprint density at radius 3 is 3.16 bits per heavy atom. The first-order chi connectivity index (χ1) is 9.33. The molecule has 0 atom stereocenters. The Morgan fingerprint density at radius 2 is 2.21 bits per heavy atom. The van der Waals surface area contributed by atoms with Crippen LogP contribution in [0.2, 0.25) is 0 Å². The highest BCUT2D eigenvalue weighted by Crippen LogP contribution is 2.34. The standard InChI is InChI=1S/C15H13N3O/c1-10-7-17-18-9-11(8-16-15(10)18)12-3-2-4-14-13(12)5-6-19-14/h2-4,7-9H,5-6H2,1H3. The van der Waals surface area contributed by atoms with E-state index < -0.39 is 0 Å². The lowest BCUT2D eigenvalue weighted by Gasteiger charge is -2.07. The largest absolute Gasteiger partial charge is 0.493 e. The summed E-state index contributed by atoms with van der Waals surface area (Å²) in [7, 11) is 0. The van der Waals surface area contributed by atoms with Gasteiger partial charge in [0.15, 0.2) is 5.65 Å². The van der Waals surface area contributed by atoms with Gasteiger partial charge in [0.2, 0.25) is 0 Å². The molecular weight excluding hydrogens is 238 g/mol. The number of hydrogen-bond donors (Lipinski definition) is 0. The summed E-state index contributed by atoms with van der Waals surface area (Å²) in [5.41, 5.74) is 5.55. The highest BCUT2D eigenvalue weighted by atomic mass is 16.5. The molecule has 0 amide bonds. The SMILES string of the molecule is Cc1cnn2cc(-c3cccc4c3CCO4)cnc12. The van der Waals surface area contributed by atoms with Crippen LogP contribution in [0, 0.1) is 6.92 Å². The van der Waals surface area contributed by atoms with Crippen molar-refractivity contribution >= 4 is 5.65 Å². The van der Waals surface area contributed by atoms with Crippen molar-refractivity contribution in [3.63, 3.8) is 0 Å². The molecule has 0 N–H and O–H groups in total. The Bertz CT molecular complexity index is 776. The molecule has 1 aliphatic rings. The molecule has 19 heavy (non-hydrogen) atoms. The van der Waals surface area contributed by atoms with Crippen LogP contribution in [0.1, 0.15) is 11.1 Å². The van der Waals surface area contributed by atoms with Crippen LogP contribution >= 0.6 is 0 Å². The summed E-state index contributed by atoms with van der Waals surface area (Å²) in [6, 6.07) is 6.17. The maximum absolute atomic E-state index is 5.61. The van der Waals surface area contributed by atoms with Crippen molar-refractivity contribution in [1.29, 1.82) is 0 Å². The van der Waals surface area contributed by atoms with E-state index in [1.54, 1.807) is 0 Å². The zero-order chi connectivity index (χ0) is 12.8. The fraction of sp³-hybridized carbons (Fsp3) is 0.200. The number of aryl methyl sites for hydroxylation is 1. The Kier molecular flexibility index (Phi) is 2.12. The second kappa shape index (κ2) is 3.82. The summed E-state index contributed by atoms with van der Waals surface area (Å²) in [4.78, 5) is 4.50. The molecule has 4 nitrogen and oxygen atoms in total. The van der Waals surface area contributed by atoms with Crippen molar-refractivity contribution in [3.05, 3.63) is 47.9 Å². The Balaban J connectivity index is 1.93. The molecule has 3 aromatic rings. The van der Waals surface area contributed by atoms with Gasteiger partial charge in [0.25, 0.3) is 0 Å². The van der Waals surface area contributed by atoms with Crippen LogP contribution < -0.4 is 4.74 Å². The van der Waals surface area contributed by atoms with Crippen molar-refractivity contribution in [2.45, 2.75) is 13.3 Å². The van der Waals surface area contributed by atoms with Gasteiger partial charge in [0.05, 0.1) is 12.8 Å². The van der Waals surface area contributed by atoms with Gasteiger partial charge in [-0.2, -0.15) is 5.10 Å². The molecule has 0 radical (unpaired) electrons. The van der Waals surface area contributed by atoms with Crippen LogP contribution in [-0.2, 0) is 6.42 Å². The second-order valence-electron chi connectivity index (χ2n) is 4.82. The van der Waals surface area contributed by atoms with Crippen molar-refractivity contribution < 1.29 is 4.74 Å². The van der Waals surface area contributed by atoms with Crippen LogP contribution in [0.15, 0.2) is 36.8 Å². The van der Waals surface area contributed by atoms with Gasteiger partial charge in [0.1, 0.15) is 5.75 Å². The Labute approximate surface area is 110 Å². The molecule has 1 aromatic carbocycles. The molecule has 4 rings (SSSR count). The molecule has 0 saturated heterocycles. The lowest BCUT2D eigenvalue weighted by molar-refractivity contribution is 0.357. The van der Waals surface area contributed by atoms with Crippen molar-refractivity contribution in [2.75, 3.05) is 6.61 Å². The summed E-state index contributed by atoms with van der Waals surface area (Å²) in [6.07, 6.45) is 6.74. The normalized spacial score (nSPS) is 13.5. The van der Waals surface area contributed by atoms with Crippen molar-refractivity contribution in [1.82, 2.24) is 14.6 Å². The number of ether oxygens (including phenoxy) is 1. The molecular formula is C15H13N3O. The molecule has 0 spiro atoms. The van der Waals surface area contributed by atoms with Gasteiger partial charge in [-0.05, 0) is 18.6 Å². The lowest BCUT2D eigenvalue weighted by Crippen LogP contribution is -1.94. The molecule has 4 heteroatoms. The van der Waals surface area contributed by atoms with E-state index in [0.717, 1.165) is 35.6 Å². The smallest absolute Gasteiger partial charge is 0.157 e. The van der Waals surface area contributed by atoms with Gasteiger partial charge in [-0.1, -0.05) is 12.1 Å². The first kappa shape index (κ1) is 10.6. The molecule has 1 aliphatic heterocycles. The van der Waals surface area contributed by atoms with E-state index in [4.69, 9.17) is 4.74 Å². The van der Waals surface area contributed by atoms with Crippen molar-refractivity contribution in [2.24, 2.45) is 0 Å². The molecule has 2 aromatic heterocycles.